The molecular weight excluding hydrogens is 386 g/mol. The number of hydroxylamine groups is 2. The van der Waals surface area contributed by atoms with Crippen LogP contribution < -0.4 is 5.73 Å². The van der Waals surface area contributed by atoms with E-state index < -0.39 is 17.1 Å². The van der Waals surface area contributed by atoms with Crippen LogP contribution >= 0.6 is 0 Å². The van der Waals surface area contributed by atoms with E-state index in [1.165, 1.54) is 5.06 Å². The maximum Gasteiger partial charge on any atom is 0.248 e. The van der Waals surface area contributed by atoms with Crippen LogP contribution in [0.3, 0.4) is 0 Å². The van der Waals surface area contributed by atoms with Gasteiger partial charge in [-0.1, -0.05) is 30.3 Å². The Kier molecular flexibility index (Phi) is 3.97. The SMILES string of the molecule is [C-]#[N+]c1cccc(-c2ccc3c(c2)C2(N=C(N)N(C)O2)C2(CCC(F)(F)CC2)C3)c1. The highest BCUT2D eigenvalue weighted by Gasteiger charge is 2.64. The van der Waals surface area contributed by atoms with Gasteiger partial charge in [0.25, 0.3) is 0 Å². The molecule has 5 nitrogen and oxygen atoms in total. The van der Waals surface area contributed by atoms with Crippen LogP contribution in [0.5, 0.6) is 0 Å². The molecule has 0 radical (unpaired) electrons. The third-order valence-corrected chi connectivity index (χ3v) is 6.83. The van der Waals surface area contributed by atoms with Gasteiger partial charge in [0.15, 0.2) is 5.69 Å². The van der Waals surface area contributed by atoms with Crippen molar-refractivity contribution in [3.63, 3.8) is 0 Å². The second-order valence-electron chi connectivity index (χ2n) is 8.55. The van der Waals surface area contributed by atoms with Crippen LogP contribution in [0.4, 0.5) is 14.5 Å². The van der Waals surface area contributed by atoms with E-state index in [0.29, 0.717) is 24.9 Å². The number of fused-ring (bicyclic) bond motifs is 3. The van der Waals surface area contributed by atoms with Gasteiger partial charge in [0.1, 0.15) is 0 Å². The van der Waals surface area contributed by atoms with Gasteiger partial charge < -0.3 is 5.73 Å². The molecule has 154 valence electrons. The topological polar surface area (TPSA) is 55.2 Å². The standard InChI is InChI=1S/C23H22F2N4O/c1-27-18-5-3-4-15(12-18)16-6-7-17-14-21(8-10-22(24,25)11-9-21)23(19(17)13-16)28-20(26)29(2)30-23/h3-7,12-13H,8-11,14H2,2H3,(H2,26,28). The molecule has 2 aliphatic carbocycles. The van der Waals surface area contributed by atoms with E-state index in [0.717, 1.165) is 22.3 Å². The molecule has 2 aromatic carbocycles. The number of halogens is 2. The molecule has 1 atom stereocenters. The number of nitrogens with zero attached hydrogens (tertiary/aromatic N) is 3. The van der Waals surface area contributed by atoms with Crippen LogP contribution in [-0.4, -0.2) is 24.0 Å². The van der Waals surface area contributed by atoms with Crippen molar-refractivity contribution in [1.29, 1.82) is 0 Å². The van der Waals surface area contributed by atoms with Crippen LogP contribution in [0.25, 0.3) is 16.0 Å². The largest absolute Gasteiger partial charge is 0.368 e. The summed E-state index contributed by atoms with van der Waals surface area (Å²) in [6, 6.07) is 13.5. The second kappa shape index (κ2) is 6.26. The number of guanidine groups is 1. The fourth-order valence-corrected chi connectivity index (χ4v) is 5.18. The maximum absolute atomic E-state index is 14.0. The first-order valence-corrected chi connectivity index (χ1v) is 10.0. The number of alkyl halides is 2. The molecule has 2 spiro atoms. The van der Waals surface area contributed by atoms with Crippen LogP contribution in [0.2, 0.25) is 0 Å². The number of benzene rings is 2. The predicted octanol–water partition coefficient (Wildman–Crippen LogP) is 5.00. The highest BCUT2D eigenvalue weighted by atomic mass is 19.3. The molecule has 1 unspecified atom stereocenters. The Morgan fingerprint density at radius 2 is 1.83 bits per heavy atom. The van der Waals surface area contributed by atoms with Crippen molar-refractivity contribution in [3.8, 4) is 11.1 Å². The molecule has 0 bridgehead atoms. The lowest BCUT2D eigenvalue weighted by Crippen LogP contribution is -2.47. The monoisotopic (exact) mass is 408 g/mol. The Morgan fingerprint density at radius 1 is 1.10 bits per heavy atom. The maximum atomic E-state index is 14.0. The first-order valence-electron chi connectivity index (χ1n) is 10.0. The minimum absolute atomic E-state index is 0.175. The Labute approximate surface area is 173 Å². The molecule has 2 N–H and O–H groups in total. The summed E-state index contributed by atoms with van der Waals surface area (Å²) in [5.74, 6) is -2.40. The Bertz CT molecular complexity index is 1100. The lowest BCUT2D eigenvalue weighted by Gasteiger charge is -2.45. The van der Waals surface area contributed by atoms with Gasteiger partial charge in [0.05, 0.1) is 6.57 Å². The van der Waals surface area contributed by atoms with Crippen molar-refractivity contribution in [2.45, 2.75) is 43.8 Å². The summed E-state index contributed by atoms with van der Waals surface area (Å²) < 4.78 is 28.0. The fourth-order valence-electron chi connectivity index (χ4n) is 5.18. The molecule has 2 aromatic rings. The summed E-state index contributed by atoms with van der Waals surface area (Å²) in [5, 5.41) is 1.44. The van der Waals surface area contributed by atoms with Crippen LogP contribution in [0.1, 0.15) is 36.8 Å². The third-order valence-electron chi connectivity index (χ3n) is 6.83. The highest BCUT2D eigenvalue weighted by molar-refractivity contribution is 5.79. The summed E-state index contributed by atoms with van der Waals surface area (Å²) in [6.07, 6.45) is 0.922. The molecule has 7 heteroatoms. The molecule has 1 saturated carbocycles. The summed E-state index contributed by atoms with van der Waals surface area (Å²) in [4.78, 5) is 14.5. The molecule has 1 heterocycles. The Morgan fingerprint density at radius 3 is 2.50 bits per heavy atom. The van der Waals surface area contributed by atoms with Gasteiger partial charge >= 0.3 is 0 Å². The molecule has 0 amide bonds. The molecule has 30 heavy (non-hydrogen) atoms. The summed E-state index contributed by atoms with van der Waals surface area (Å²) in [5.41, 5.74) is 8.79. The number of hydrogen-bond acceptors (Lipinski definition) is 4. The molecule has 0 saturated heterocycles. The van der Waals surface area contributed by atoms with Crippen molar-refractivity contribution in [2.75, 3.05) is 7.05 Å². The summed E-state index contributed by atoms with van der Waals surface area (Å²) in [6.45, 7) is 7.27. The van der Waals surface area contributed by atoms with E-state index in [1.807, 2.05) is 36.4 Å². The zero-order valence-corrected chi connectivity index (χ0v) is 16.7. The van der Waals surface area contributed by atoms with E-state index in [2.05, 4.69) is 4.85 Å². The first kappa shape index (κ1) is 19.0. The van der Waals surface area contributed by atoms with Gasteiger partial charge in [0, 0.05) is 30.9 Å². The normalized spacial score (nSPS) is 25.9. The zero-order chi connectivity index (χ0) is 21.1. The van der Waals surface area contributed by atoms with E-state index >= 15 is 0 Å². The average Bonchev–Trinajstić information content (AvgIpc) is 3.18. The molecule has 0 aromatic heterocycles. The van der Waals surface area contributed by atoms with E-state index in [9.17, 15) is 8.78 Å². The van der Waals surface area contributed by atoms with Gasteiger partial charge in [-0.05, 0) is 48.1 Å². The van der Waals surface area contributed by atoms with Crippen molar-refractivity contribution in [2.24, 2.45) is 16.1 Å². The molecule has 5 rings (SSSR count). The van der Waals surface area contributed by atoms with Crippen molar-refractivity contribution in [1.82, 2.24) is 5.06 Å². The Balaban J connectivity index is 1.64. The first-order chi connectivity index (χ1) is 14.3. The second-order valence-corrected chi connectivity index (χ2v) is 8.55. The fraction of sp³-hybridized carbons (Fsp3) is 0.391. The molecular formula is C23H22F2N4O. The van der Waals surface area contributed by atoms with Gasteiger partial charge in [0.2, 0.25) is 17.6 Å². The van der Waals surface area contributed by atoms with Crippen molar-refractivity contribution >= 4 is 11.6 Å². The van der Waals surface area contributed by atoms with Crippen molar-refractivity contribution < 1.29 is 13.6 Å². The van der Waals surface area contributed by atoms with Gasteiger partial charge in [-0.3, -0.25) is 0 Å². The number of aliphatic imine (C=N–C) groups is 1. The predicted molar refractivity (Wildman–Crippen MR) is 110 cm³/mol. The van der Waals surface area contributed by atoms with Crippen LogP contribution in [0.15, 0.2) is 47.5 Å². The smallest absolute Gasteiger partial charge is 0.248 e. The minimum atomic E-state index is -2.65. The van der Waals surface area contributed by atoms with Crippen LogP contribution in [0, 0.1) is 12.0 Å². The lowest BCUT2D eigenvalue weighted by atomic mass is 9.66. The highest BCUT2D eigenvalue weighted by Crippen LogP contribution is 2.63. The summed E-state index contributed by atoms with van der Waals surface area (Å²) in [7, 11) is 1.69. The van der Waals surface area contributed by atoms with E-state index in [-0.39, 0.29) is 18.8 Å². The van der Waals surface area contributed by atoms with Gasteiger partial charge in [-0.25, -0.2) is 28.5 Å². The molecule has 3 aliphatic rings. The zero-order valence-electron chi connectivity index (χ0n) is 16.7. The van der Waals surface area contributed by atoms with Crippen LogP contribution in [-0.2, 0) is 17.0 Å². The Hall–Kier alpha value is -2.98. The van der Waals surface area contributed by atoms with Gasteiger partial charge in [-0.15, -0.1) is 0 Å². The summed E-state index contributed by atoms with van der Waals surface area (Å²) >= 11 is 0. The average molecular weight is 408 g/mol. The van der Waals surface area contributed by atoms with Gasteiger partial charge in [-0.2, -0.15) is 0 Å². The molecule has 1 fully saturated rings. The van der Waals surface area contributed by atoms with Crippen molar-refractivity contribution in [3.05, 3.63) is 65.0 Å². The third kappa shape index (κ3) is 2.63. The lowest BCUT2D eigenvalue weighted by molar-refractivity contribution is -0.238. The number of rotatable bonds is 1. The number of nitrogens with two attached hydrogens (primary N) is 1. The van der Waals surface area contributed by atoms with E-state index in [1.54, 1.807) is 13.1 Å². The minimum Gasteiger partial charge on any atom is -0.368 e. The van der Waals surface area contributed by atoms with E-state index in [4.69, 9.17) is 22.1 Å². The molecule has 1 aliphatic heterocycles. The quantitative estimate of drug-likeness (QED) is 0.676. The number of hydrogen-bond donors (Lipinski definition) is 1.